The molecule has 9 heteroatoms. The van der Waals surface area contributed by atoms with Crippen LogP contribution in [0.4, 0.5) is 0 Å². The molecule has 0 fully saturated rings. The molecular formula is C29H29N3O6. The quantitative estimate of drug-likeness (QED) is 0.314. The summed E-state index contributed by atoms with van der Waals surface area (Å²) < 4.78 is 16.1. The summed E-state index contributed by atoms with van der Waals surface area (Å²) in [5.41, 5.74) is 4.73. The number of hydrogen-bond acceptors (Lipinski definition) is 7. The van der Waals surface area contributed by atoms with Gasteiger partial charge in [0.2, 0.25) is 0 Å². The topological polar surface area (TPSA) is 117 Å². The molecule has 5 rings (SSSR count). The van der Waals surface area contributed by atoms with Crippen LogP contribution in [-0.2, 0) is 6.42 Å². The monoisotopic (exact) mass is 515 g/mol. The van der Waals surface area contributed by atoms with Crippen molar-refractivity contribution in [1.82, 2.24) is 15.1 Å². The predicted octanol–water partition coefficient (Wildman–Crippen LogP) is 4.61. The van der Waals surface area contributed by atoms with Gasteiger partial charge in [0.25, 0.3) is 5.91 Å². The number of aromatic amines is 1. The summed E-state index contributed by atoms with van der Waals surface area (Å²) in [7, 11) is 4.65. The lowest BCUT2D eigenvalue weighted by Crippen LogP contribution is -2.31. The van der Waals surface area contributed by atoms with Crippen LogP contribution < -0.4 is 14.2 Å². The zero-order chi connectivity index (χ0) is 27.0. The van der Waals surface area contributed by atoms with E-state index in [0.717, 1.165) is 16.7 Å². The van der Waals surface area contributed by atoms with E-state index in [1.165, 1.54) is 7.11 Å². The fourth-order valence-corrected chi connectivity index (χ4v) is 4.97. The highest BCUT2D eigenvalue weighted by atomic mass is 16.5. The number of nitrogens with zero attached hydrogens (tertiary/aromatic N) is 2. The van der Waals surface area contributed by atoms with Crippen molar-refractivity contribution in [2.75, 3.05) is 27.9 Å². The second kappa shape index (κ2) is 10.0. The Balaban J connectivity index is 1.58. The van der Waals surface area contributed by atoms with Gasteiger partial charge in [-0.15, -0.1) is 0 Å². The largest absolute Gasteiger partial charge is 0.507 e. The minimum Gasteiger partial charge on any atom is -0.507 e. The van der Waals surface area contributed by atoms with E-state index in [4.69, 9.17) is 14.2 Å². The van der Waals surface area contributed by atoms with Crippen LogP contribution in [0.2, 0.25) is 0 Å². The normalized spacial score (nSPS) is 14.5. The van der Waals surface area contributed by atoms with E-state index in [1.54, 1.807) is 43.4 Å². The number of ether oxygens (including phenoxy) is 3. The molecule has 0 saturated carbocycles. The third-order valence-corrected chi connectivity index (χ3v) is 6.88. The summed E-state index contributed by atoms with van der Waals surface area (Å²) in [6, 6.07) is 15.5. The number of carbonyl (C=O) groups is 1. The molecule has 1 atom stereocenters. The van der Waals surface area contributed by atoms with Crippen LogP contribution in [-0.4, -0.2) is 59.1 Å². The van der Waals surface area contributed by atoms with Gasteiger partial charge in [0.05, 0.1) is 27.4 Å². The first kappa shape index (κ1) is 25.0. The first-order chi connectivity index (χ1) is 18.4. The summed E-state index contributed by atoms with van der Waals surface area (Å²) >= 11 is 0. The molecule has 0 saturated heterocycles. The van der Waals surface area contributed by atoms with E-state index >= 15 is 0 Å². The van der Waals surface area contributed by atoms with Crippen molar-refractivity contribution in [3.63, 3.8) is 0 Å². The van der Waals surface area contributed by atoms with Crippen molar-refractivity contribution in [3.8, 4) is 40.0 Å². The smallest absolute Gasteiger partial charge is 0.273 e. The van der Waals surface area contributed by atoms with Gasteiger partial charge in [0, 0.05) is 17.7 Å². The van der Waals surface area contributed by atoms with Crippen molar-refractivity contribution in [3.05, 3.63) is 82.5 Å². The van der Waals surface area contributed by atoms with E-state index < -0.39 is 6.04 Å². The second-order valence-corrected chi connectivity index (χ2v) is 9.15. The van der Waals surface area contributed by atoms with Crippen molar-refractivity contribution in [2.45, 2.75) is 19.4 Å². The van der Waals surface area contributed by atoms with Crippen LogP contribution in [0.5, 0.6) is 28.7 Å². The average Bonchev–Trinajstić information content (AvgIpc) is 3.47. The molecule has 0 radical (unpaired) electrons. The number of carbonyl (C=O) groups excluding carboxylic acids is 1. The highest BCUT2D eigenvalue weighted by Gasteiger charge is 2.42. The predicted molar refractivity (Wildman–Crippen MR) is 141 cm³/mol. The highest BCUT2D eigenvalue weighted by Crippen LogP contribution is 2.46. The van der Waals surface area contributed by atoms with Gasteiger partial charge in [-0.2, -0.15) is 5.10 Å². The molecule has 2 heterocycles. The Morgan fingerprint density at radius 2 is 1.63 bits per heavy atom. The maximum Gasteiger partial charge on any atom is 0.273 e. The Morgan fingerprint density at radius 1 is 0.895 bits per heavy atom. The Hall–Kier alpha value is -4.66. The van der Waals surface area contributed by atoms with Gasteiger partial charge in [-0.05, 0) is 60.9 Å². The molecule has 1 aromatic heterocycles. The fraction of sp³-hybridized carbons (Fsp3) is 0.241. The zero-order valence-corrected chi connectivity index (χ0v) is 21.6. The number of phenols is 2. The first-order valence-electron chi connectivity index (χ1n) is 12.1. The summed E-state index contributed by atoms with van der Waals surface area (Å²) in [6.45, 7) is 2.32. The number of hydrogen-bond donors (Lipinski definition) is 3. The number of methoxy groups -OCH3 is 3. The van der Waals surface area contributed by atoms with Crippen molar-refractivity contribution in [2.24, 2.45) is 0 Å². The van der Waals surface area contributed by atoms with E-state index in [1.807, 2.05) is 37.3 Å². The van der Waals surface area contributed by atoms with Crippen molar-refractivity contribution >= 4 is 5.91 Å². The van der Waals surface area contributed by atoms with Crippen LogP contribution in [0.25, 0.3) is 11.3 Å². The maximum absolute atomic E-state index is 13.7. The Bertz CT molecular complexity index is 1510. The van der Waals surface area contributed by atoms with Crippen LogP contribution in [0.15, 0.2) is 54.6 Å². The standard InChI is InChI=1S/C29H29N3O6/c1-16-5-8-20(33)19(13-16)26-25-27(31-30-26)29(35)32(28(25)18-7-9-21(34)23(15-18)37-3)12-11-17-6-10-22(36-2)24(14-17)38-4/h5-10,13-15,28,33-34H,11-12H2,1-4H3,(H,30,31). The lowest BCUT2D eigenvalue weighted by atomic mass is 9.94. The van der Waals surface area contributed by atoms with Gasteiger partial charge in [-0.25, -0.2) is 0 Å². The van der Waals surface area contributed by atoms with E-state index in [9.17, 15) is 15.0 Å². The molecule has 38 heavy (non-hydrogen) atoms. The van der Waals surface area contributed by atoms with Crippen molar-refractivity contribution in [1.29, 1.82) is 0 Å². The number of fused-ring (bicyclic) bond motifs is 1. The average molecular weight is 516 g/mol. The molecule has 1 unspecified atom stereocenters. The lowest BCUT2D eigenvalue weighted by molar-refractivity contribution is 0.0745. The van der Waals surface area contributed by atoms with Crippen LogP contribution >= 0.6 is 0 Å². The number of aryl methyl sites for hydroxylation is 1. The molecule has 0 bridgehead atoms. The SMILES string of the molecule is COc1cc(C2c3c(-c4cc(C)ccc4O)n[nH]c3C(=O)N2CCc2ccc(OC)c(OC)c2)ccc1O. The van der Waals surface area contributed by atoms with E-state index in [2.05, 4.69) is 10.2 Å². The lowest BCUT2D eigenvalue weighted by Gasteiger charge is -2.27. The fourth-order valence-electron chi connectivity index (χ4n) is 4.97. The number of nitrogens with one attached hydrogen (secondary N) is 1. The molecule has 1 amide bonds. The number of aromatic nitrogens is 2. The molecule has 1 aliphatic rings. The van der Waals surface area contributed by atoms with Crippen LogP contribution in [0.1, 0.15) is 38.8 Å². The number of benzene rings is 3. The van der Waals surface area contributed by atoms with Gasteiger partial charge >= 0.3 is 0 Å². The van der Waals surface area contributed by atoms with Gasteiger partial charge < -0.3 is 29.3 Å². The third-order valence-electron chi connectivity index (χ3n) is 6.88. The zero-order valence-electron chi connectivity index (χ0n) is 21.6. The van der Waals surface area contributed by atoms with E-state index in [-0.39, 0.29) is 17.4 Å². The summed E-state index contributed by atoms with van der Waals surface area (Å²) in [5, 5.41) is 28.2. The van der Waals surface area contributed by atoms with Crippen molar-refractivity contribution < 1.29 is 29.2 Å². The van der Waals surface area contributed by atoms with Gasteiger partial charge in [0.15, 0.2) is 23.0 Å². The third kappa shape index (κ3) is 4.26. The highest BCUT2D eigenvalue weighted by molar-refractivity contribution is 6.00. The summed E-state index contributed by atoms with van der Waals surface area (Å²) in [5.74, 6) is 1.41. The van der Waals surface area contributed by atoms with Gasteiger partial charge in [-0.1, -0.05) is 23.8 Å². The molecular weight excluding hydrogens is 486 g/mol. The molecule has 196 valence electrons. The molecule has 0 aliphatic carbocycles. The Kier molecular flexibility index (Phi) is 6.59. The van der Waals surface area contributed by atoms with Gasteiger partial charge in [0.1, 0.15) is 17.1 Å². The molecule has 4 aromatic rings. The Morgan fingerprint density at radius 3 is 2.37 bits per heavy atom. The summed E-state index contributed by atoms with van der Waals surface area (Å²) in [6.07, 6.45) is 0.556. The summed E-state index contributed by atoms with van der Waals surface area (Å²) in [4.78, 5) is 15.5. The number of H-pyrrole nitrogens is 1. The Labute approximate surface area is 220 Å². The molecule has 3 N–H and O–H groups in total. The first-order valence-corrected chi connectivity index (χ1v) is 12.1. The second-order valence-electron chi connectivity index (χ2n) is 9.15. The minimum atomic E-state index is -0.527. The number of phenolic OH excluding ortho intramolecular Hbond substituents is 2. The van der Waals surface area contributed by atoms with E-state index in [0.29, 0.717) is 52.7 Å². The molecule has 1 aliphatic heterocycles. The van der Waals surface area contributed by atoms with Crippen LogP contribution in [0.3, 0.4) is 0 Å². The number of aromatic hydroxyl groups is 2. The number of amides is 1. The number of rotatable bonds is 8. The molecule has 3 aromatic carbocycles. The minimum absolute atomic E-state index is 0.00132. The maximum atomic E-state index is 13.7. The molecule has 0 spiro atoms. The van der Waals surface area contributed by atoms with Gasteiger partial charge in [-0.3, -0.25) is 9.89 Å². The molecule has 9 nitrogen and oxygen atoms in total. The van der Waals surface area contributed by atoms with Crippen LogP contribution in [0, 0.1) is 6.92 Å².